The second-order valence-corrected chi connectivity index (χ2v) is 2.73. The van der Waals surface area contributed by atoms with E-state index < -0.39 is 12.0 Å². The molecule has 0 aliphatic rings. The number of ether oxygens (including phenoxy) is 1. The number of hydrogen-bond acceptors (Lipinski definition) is 4. The van der Waals surface area contributed by atoms with Crippen molar-refractivity contribution in [2.75, 3.05) is 6.61 Å². The van der Waals surface area contributed by atoms with Crippen LogP contribution in [0, 0.1) is 6.92 Å². The van der Waals surface area contributed by atoms with Crippen molar-refractivity contribution < 1.29 is 18.7 Å². The zero-order valence-electron chi connectivity index (χ0n) is 8.49. The highest BCUT2D eigenvalue weighted by Crippen LogP contribution is 2.07. The maximum absolute atomic E-state index is 11.4. The van der Waals surface area contributed by atoms with E-state index in [1.807, 2.05) is 0 Å². The Morgan fingerprint density at radius 1 is 1.47 bits per heavy atom. The number of amides is 2. The molecule has 0 saturated carbocycles. The minimum atomic E-state index is -0.713. The number of hydrazine groups is 1. The van der Waals surface area contributed by atoms with E-state index in [1.54, 1.807) is 19.9 Å². The van der Waals surface area contributed by atoms with Gasteiger partial charge in [0.05, 0.1) is 12.9 Å². The van der Waals surface area contributed by atoms with Gasteiger partial charge in [0, 0.05) is 5.56 Å². The van der Waals surface area contributed by atoms with Crippen LogP contribution in [0.3, 0.4) is 0 Å². The minimum Gasteiger partial charge on any atom is -0.459 e. The van der Waals surface area contributed by atoms with Crippen LogP contribution in [0.15, 0.2) is 16.7 Å². The van der Waals surface area contributed by atoms with E-state index in [9.17, 15) is 9.59 Å². The summed E-state index contributed by atoms with van der Waals surface area (Å²) in [6.07, 6.45) is 0.685. The summed E-state index contributed by atoms with van der Waals surface area (Å²) in [6, 6.07) is 1.65. The van der Waals surface area contributed by atoms with E-state index in [4.69, 9.17) is 4.42 Å². The minimum absolute atomic E-state index is 0.159. The largest absolute Gasteiger partial charge is 0.459 e. The van der Waals surface area contributed by atoms with Crippen molar-refractivity contribution in [2.24, 2.45) is 0 Å². The molecule has 0 spiro atoms. The summed E-state index contributed by atoms with van der Waals surface area (Å²) in [6.45, 7) is 3.63. The fraction of sp³-hybridized carbons (Fsp3) is 0.333. The van der Waals surface area contributed by atoms with Gasteiger partial charge in [0.2, 0.25) is 0 Å². The van der Waals surface area contributed by atoms with Crippen LogP contribution in [0.5, 0.6) is 0 Å². The Morgan fingerprint density at radius 3 is 2.73 bits per heavy atom. The SMILES string of the molecule is CCOC(=O)NNC(=O)c1occc1C. The Kier molecular flexibility index (Phi) is 3.73. The standard InChI is InChI=1S/C9H12N2O4/c1-3-14-9(13)11-10-8(12)7-6(2)4-5-15-7/h4-5H,3H2,1-2H3,(H,10,12)(H,11,13). The molecule has 0 aliphatic heterocycles. The van der Waals surface area contributed by atoms with E-state index in [0.29, 0.717) is 5.56 Å². The van der Waals surface area contributed by atoms with Crippen LogP contribution in [0.1, 0.15) is 23.0 Å². The van der Waals surface area contributed by atoms with Crippen molar-refractivity contribution in [2.45, 2.75) is 13.8 Å². The highest BCUT2D eigenvalue weighted by molar-refractivity contribution is 5.93. The zero-order valence-corrected chi connectivity index (χ0v) is 8.49. The van der Waals surface area contributed by atoms with Crippen LogP contribution in [0.25, 0.3) is 0 Å². The molecule has 0 atom stereocenters. The molecule has 15 heavy (non-hydrogen) atoms. The summed E-state index contributed by atoms with van der Waals surface area (Å²) in [4.78, 5) is 22.2. The number of carbonyl (C=O) groups excluding carboxylic acids is 2. The van der Waals surface area contributed by atoms with Crippen LogP contribution in [0.4, 0.5) is 4.79 Å². The molecule has 82 valence electrons. The molecule has 6 nitrogen and oxygen atoms in total. The third-order valence-electron chi connectivity index (χ3n) is 1.62. The summed E-state index contributed by atoms with van der Waals surface area (Å²) >= 11 is 0. The average molecular weight is 212 g/mol. The van der Waals surface area contributed by atoms with Crippen molar-refractivity contribution in [3.63, 3.8) is 0 Å². The molecule has 0 saturated heterocycles. The maximum atomic E-state index is 11.4. The molecule has 2 N–H and O–H groups in total. The summed E-state index contributed by atoms with van der Waals surface area (Å²) in [5.41, 5.74) is 4.92. The molecule has 6 heteroatoms. The smallest absolute Gasteiger partial charge is 0.426 e. The molecule has 1 rings (SSSR count). The van der Waals surface area contributed by atoms with Gasteiger partial charge in [-0.1, -0.05) is 0 Å². The molecule has 0 radical (unpaired) electrons. The highest BCUT2D eigenvalue weighted by Gasteiger charge is 2.12. The molecule has 0 fully saturated rings. The fourth-order valence-electron chi connectivity index (χ4n) is 0.937. The first kappa shape index (κ1) is 11.1. The number of rotatable bonds is 2. The lowest BCUT2D eigenvalue weighted by Gasteiger charge is -2.05. The predicted molar refractivity (Wildman–Crippen MR) is 51.1 cm³/mol. The Bertz CT molecular complexity index is 359. The molecule has 1 aromatic heterocycles. The van der Waals surface area contributed by atoms with Crippen molar-refractivity contribution in [1.82, 2.24) is 10.9 Å². The Morgan fingerprint density at radius 2 is 2.20 bits per heavy atom. The monoisotopic (exact) mass is 212 g/mol. The molecule has 0 aliphatic carbocycles. The maximum Gasteiger partial charge on any atom is 0.426 e. The molecule has 0 aromatic carbocycles. The van der Waals surface area contributed by atoms with Gasteiger partial charge in [-0.3, -0.25) is 10.2 Å². The second-order valence-electron chi connectivity index (χ2n) is 2.73. The van der Waals surface area contributed by atoms with Crippen molar-refractivity contribution in [3.8, 4) is 0 Å². The van der Waals surface area contributed by atoms with E-state index >= 15 is 0 Å². The van der Waals surface area contributed by atoms with Crippen LogP contribution < -0.4 is 10.9 Å². The van der Waals surface area contributed by atoms with Crippen molar-refractivity contribution in [3.05, 3.63) is 23.7 Å². The lowest BCUT2D eigenvalue weighted by molar-refractivity contribution is 0.0885. The van der Waals surface area contributed by atoms with Gasteiger partial charge in [-0.05, 0) is 19.9 Å². The highest BCUT2D eigenvalue weighted by atomic mass is 16.6. The van der Waals surface area contributed by atoms with Gasteiger partial charge in [-0.2, -0.15) is 0 Å². The number of furan rings is 1. The van der Waals surface area contributed by atoms with Crippen molar-refractivity contribution in [1.29, 1.82) is 0 Å². The van der Waals surface area contributed by atoms with Gasteiger partial charge in [-0.15, -0.1) is 0 Å². The molecule has 0 unspecified atom stereocenters. The molecule has 2 amide bonds. The zero-order chi connectivity index (χ0) is 11.3. The Balaban J connectivity index is 2.44. The Labute approximate surface area is 86.6 Å². The van der Waals surface area contributed by atoms with Crippen LogP contribution >= 0.6 is 0 Å². The topological polar surface area (TPSA) is 80.6 Å². The number of carbonyl (C=O) groups is 2. The van der Waals surface area contributed by atoms with Gasteiger partial charge in [-0.25, -0.2) is 10.2 Å². The van der Waals surface area contributed by atoms with E-state index in [2.05, 4.69) is 15.6 Å². The molecular formula is C9H12N2O4. The molecule has 1 aromatic rings. The van der Waals surface area contributed by atoms with Gasteiger partial charge in [0.1, 0.15) is 0 Å². The van der Waals surface area contributed by atoms with Crippen molar-refractivity contribution >= 4 is 12.0 Å². The number of nitrogens with one attached hydrogen (secondary N) is 2. The third kappa shape index (κ3) is 3.01. The molecular weight excluding hydrogens is 200 g/mol. The average Bonchev–Trinajstić information content (AvgIpc) is 2.61. The van der Waals surface area contributed by atoms with E-state index in [-0.39, 0.29) is 12.4 Å². The van der Waals surface area contributed by atoms with Crippen LogP contribution in [-0.4, -0.2) is 18.6 Å². The second kappa shape index (κ2) is 5.04. The summed E-state index contributed by atoms with van der Waals surface area (Å²) < 4.78 is 9.46. The summed E-state index contributed by atoms with van der Waals surface area (Å²) in [5.74, 6) is -0.364. The van der Waals surface area contributed by atoms with Gasteiger partial charge in [0.25, 0.3) is 0 Å². The van der Waals surface area contributed by atoms with E-state index in [0.717, 1.165) is 0 Å². The van der Waals surface area contributed by atoms with Gasteiger partial charge >= 0.3 is 12.0 Å². The molecule has 0 bridgehead atoms. The lowest BCUT2D eigenvalue weighted by atomic mass is 10.3. The summed E-state index contributed by atoms with van der Waals surface area (Å²) in [5, 5.41) is 0. The number of aryl methyl sites for hydroxylation is 1. The van der Waals surface area contributed by atoms with Gasteiger partial charge < -0.3 is 9.15 Å². The number of hydrogen-bond donors (Lipinski definition) is 2. The van der Waals surface area contributed by atoms with Gasteiger partial charge in [0.15, 0.2) is 5.76 Å². The molecule has 1 heterocycles. The predicted octanol–water partition coefficient (Wildman–Crippen LogP) is 0.979. The van der Waals surface area contributed by atoms with Crippen LogP contribution in [-0.2, 0) is 4.74 Å². The van der Waals surface area contributed by atoms with Crippen LogP contribution in [0.2, 0.25) is 0 Å². The lowest BCUT2D eigenvalue weighted by Crippen LogP contribution is -2.42. The first-order chi connectivity index (χ1) is 7.15. The first-order valence-electron chi connectivity index (χ1n) is 4.42. The van der Waals surface area contributed by atoms with E-state index in [1.165, 1.54) is 6.26 Å². The summed E-state index contributed by atoms with van der Waals surface area (Å²) in [7, 11) is 0. The Hall–Kier alpha value is -1.98. The normalized spacial score (nSPS) is 9.47. The first-order valence-corrected chi connectivity index (χ1v) is 4.42. The quantitative estimate of drug-likeness (QED) is 0.716. The fourth-order valence-corrected chi connectivity index (χ4v) is 0.937. The third-order valence-corrected chi connectivity index (χ3v) is 1.62.